The molecule has 0 aliphatic carbocycles. The molecule has 4 heteroatoms. The van der Waals surface area contributed by atoms with Crippen LogP contribution in [-0.4, -0.2) is 21.6 Å². The molecule has 0 atom stereocenters. The van der Waals surface area contributed by atoms with Gasteiger partial charge >= 0.3 is 0 Å². The first kappa shape index (κ1) is 21.7. The lowest BCUT2D eigenvalue weighted by molar-refractivity contribution is 0.472. The summed E-state index contributed by atoms with van der Waals surface area (Å²) in [6.45, 7) is 16.4. The van der Waals surface area contributed by atoms with Crippen LogP contribution in [0.4, 0.5) is 0 Å². The van der Waals surface area contributed by atoms with Crippen molar-refractivity contribution < 1.29 is 10.2 Å². The summed E-state index contributed by atoms with van der Waals surface area (Å²) in [4.78, 5) is 0. The van der Waals surface area contributed by atoms with E-state index in [1.807, 2.05) is 38.1 Å². The molecule has 2 aromatic carbocycles. The Morgan fingerprint density at radius 1 is 0.643 bits per heavy atom. The van der Waals surface area contributed by atoms with E-state index in [0.717, 1.165) is 11.1 Å². The van der Waals surface area contributed by atoms with Crippen molar-refractivity contribution in [1.82, 2.24) is 0 Å². The van der Waals surface area contributed by atoms with Gasteiger partial charge in [0.05, 0.1) is 11.4 Å². The van der Waals surface area contributed by atoms with Gasteiger partial charge in [0.25, 0.3) is 0 Å². The number of hydrogen-bond acceptors (Lipinski definition) is 4. The van der Waals surface area contributed by atoms with Crippen LogP contribution < -0.4 is 0 Å². The van der Waals surface area contributed by atoms with Gasteiger partial charge in [-0.3, -0.25) is 0 Å². The summed E-state index contributed by atoms with van der Waals surface area (Å²) in [6.07, 6.45) is 0. The van der Waals surface area contributed by atoms with E-state index in [1.165, 1.54) is 0 Å². The topological polar surface area (TPSA) is 65.2 Å². The second-order valence-corrected chi connectivity index (χ2v) is 9.33. The van der Waals surface area contributed by atoms with Crippen LogP contribution in [0.3, 0.4) is 0 Å². The summed E-state index contributed by atoms with van der Waals surface area (Å²) < 4.78 is 0. The Kier molecular flexibility index (Phi) is 6.03. The van der Waals surface area contributed by atoms with Crippen LogP contribution >= 0.6 is 0 Å². The minimum atomic E-state index is -0.0267. The Hall–Kier alpha value is -2.62. The van der Waals surface area contributed by atoms with E-state index in [2.05, 4.69) is 51.7 Å². The van der Waals surface area contributed by atoms with Gasteiger partial charge in [-0.2, -0.15) is 10.2 Å². The molecule has 0 amide bonds. The maximum absolute atomic E-state index is 10.3. The third kappa shape index (κ3) is 5.00. The molecular formula is C24H32N2O2. The van der Waals surface area contributed by atoms with Gasteiger partial charge < -0.3 is 10.2 Å². The second kappa shape index (κ2) is 7.78. The highest BCUT2D eigenvalue weighted by Gasteiger charge is 2.18. The molecule has 0 unspecified atom stereocenters. The van der Waals surface area contributed by atoms with Gasteiger partial charge in [0.2, 0.25) is 0 Å². The summed E-state index contributed by atoms with van der Waals surface area (Å²) in [7, 11) is 0. The van der Waals surface area contributed by atoms with Crippen LogP contribution in [0.15, 0.2) is 46.6 Å². The first-order chi connectivity index (χ1) is 12.8. The number of phenols is 2. The van der Waals surface area contributed by atoms with Gasteiger partial charge in [-0.25, -0.2) is 0 Å². The third-order valence-electron chi connectivity index (χ3n) is 4.85. The Bertz CT molecular complexity index is 849. The van der Waals surface area contributed by atoms with Crippen molar-refractivity contribution in [3.8, 4) is 11.5 Å². The van der Waals surface area contributed by atoms with Crippen molar-refractivity contribution >= 4 is 11.4 Å². The molecule has 2 rings (SSSR count). The van der Waals surface area contributed by atoms with Crippen molar-refractivity contribution in [2.45, 2.75) is 66.2 Å². The van der Waals surface area contributed by atoms with Gasteiger partial charge in [-0.15, -0.1) is 0 Å². The molecule has 0 aromatic heterocycles. The molecule has 0 fully saturated rings. The van der Waals surface area contributed by atoms with Crippen LogP contribution in [-0.2, 0) is 10.8 Å². The van der Waals surface area contributed by atoms with E-state index >= 15 is 0 Å². The summed E-state index contributed by atoms with van der Waals surface area (Å²) in [6, 6.07) is 11.2. The molecule has 2 N–H and O–H groups in total. The summed E-state index contributed by atoms with van der Waals surface area (Å²) >= 11 is 0. The number of phenolic OH excluding ortho intramolecular Hbond substituents is 2. The lowest BCUT2D eigenvalue weighted by Crippen LogP contribution is -2.12. The fourth-order valence-electron chi connectivity index (χ4n) is 2.84. The molecule has 0 aliphatic rings. The fraction of sp³-hybridized carbons (Fsp3) is 0.417. The predicted octanol–water partition coefficient (Wildman–Crippen LogP) is 5.93. The van der Waals surface area contributed by atoms with Crippen LogP contribution in [0.2, 0.25) is 0 Å². The maximum Gasteiger partial charge on any atom is 0.124 e. The number of hydrogen-bond donors (Lipinski definition) is 2. The van der Waals surface area contributed by atoms with Crippen LogP contribution in [0.25, 0.3) is 0 Å². The van der Waals surface area contributed by atoms with Crippen molar-refractivity contribution in [2.24, 2.45) is 10.2 Å². The van der Waals surface area contributed by atoms with Gasteiger partial charge in [-0.05, 0) is 60.1 Å². The summed E-state index contributed by atoms with van der Waals surface area (Å²) in [5.74, 6) is 0.361. The Balaban J connectivity index is 2.43. The van der Waals surface area contributed by atoms with Gasteiger partial charge in [0, 0.05) is 11.1 Å². The molecule has 0 aliphatic heterocycles. The first-order valence-corrected chi connectivity index (χ1v) is 9.57. The number of aromatic hydroxyl groups is 2. The van der Waals surface area contributed by atoms with E-state index < -0.39 is 0 Å². The van der Waals surface area contributed by atoms with E-state index in [4.69, 9.17) is 0 Å². The normalized spacial score (nSPS) is 13.7. The molecule has 0 saturated carbocycles. The van der Waals surface area contributed by atoms with Crippen molar-refractivity contribution in [1.29, 1.82) is 0 Å². The standard InChI is InChI=1S/C24H32N2O2/c1-15(19-13-17(23(3,4)5)9-11-21(19)27)25-26-16(2)20-14-18(24(6,7)8)10-12-22(20)28/h9-14,27-28H,1-8H3/b25-15+,26-16+. The number of benzene rings is 2. The minimum Gasteiger partial charge on any atom is -0.507 e. The molecule has 0 saturated heterocycles. The molecular weight excluding hydrogens is 348 g/mol. The zero-order chi connectivity index (χ0) is 21.3. The van der Waals surface area contributed by atoms with E-state index in [-0.39, 0.29) is 22.3 Å². The summed E-state index contributed by atoms with van der Waals surface area (Å²) in [5.41, 5.74) is 4.75. The van der Waals surface area contributed by atoms with Crippen LogP contribution in [0.5, 0.6) is 11.5 Å². The quantitative estimate of drug-likeness (QED) is 0.512. The van der Waals surface area contributed by atoms with Crippen molar-refractivity contribution in [2.75, 3.05) is 0 Å². The molecule has 0 heterocycles. The molecule has 2 aromatic rings. The molecule has 0 radical (unpaired) electrons. The zero-order valence-electron chi connectivity index (χ0n) is 18.3. The Morgan fingerprint density at radius 2 is 0.964 bits per heavy atom. The largest absolute Gasteiger partial charge is 0.507 e. The second-order valence-electron chi connectivity index (χ2n) is 9.33. The monoisotopic (exact) mass is 380 g/mol. The highest BCUT2D eigenvalue weighted by Crippen LogP contribution is 2.29. The van der Waals surface area contributed by atoms with Gasteiger partial charge in [0.1, 0.15) is 11.5 Å². The highest BCUT2D eigenvalue weighted by molar-refractivity contribution is 6.04. The lowest BCUT2D eigenvalue weighted by Gasteiger charge is -2.20. The van der Waals surface area contributed by atoms with Crippen molar-refractivity contribution in [3.05, 3.63) is 58.7 Å². The van der Waals surface area contributed by atoms with E-state index in [9.17, 15) is 10.2 Å². The van der Waals surface area contributed by atoms with E-state index in [1.54, 1.807) is 12.1 Å². The molecule has 0 bridgehead atoms. The minimum absolute atomic E-state index is 0.0267. The van der Waals surface area contributed by atoms with Crippen LogP contribution in [0.1, 0.15) is 77.6 Å². The van der Waals surface area contributed by atoms with Crippen LogP contribution in [0, 0.1) is 0 Å². The first-order valence-electron chi connectivity index (χ1n) is 9.57. The zero-order valence-corrected chi connectivity index (χ0v) is 18.3. The molecule has 28 heavy (non-hydrogen) atoms. The Morgan fingerprint density at radius 3 is 1.25 bits per heavy atom. The maximum atomic E-state index is 10.3. The molecule has 150 valence electrons. The van der Waals surface area contributed by atoms with Gasteiger partial charge in [-0.1, -0.05) is 53.7 Å². The van der Waals surface area contributed by atoms with E-state index in [0.29, 0.717) is 22.6 Å². The van der Waals surface area contributed by atoms with Gasteiger partial charge in [0.15, 0.2) is 0 Å². The Labute approximate surface area is 168 Å². The SMILES string of the molecule is C/C(=N\N=C(/C)c1cc(C(C)(C)C)ccc1O)c1cc(C(C)(C)C)ccc1O. The highest BCUT2D eigenvalue weighted by atomic mass is 16.3. The number of rotatable bonds is 3. The molecule has 0 spiro atoms. The fourth-order valence-corrected chi connectivity index (χ4v) is 2.84. The molecule has 4 nitrogen and oxygen atoms in total. The lowest BCUT2D eigenvalue weighted by atomic mass is 9.85. The third-order valence-corrected chi connectivity index (χ3v) is 4.85. The summed E-state index contributed by atoms with van der Waals surface area (Å²) in [5, 5.41) is 29.2. The number of nitrogens with zero attached hydrogens (tertiary/aromatic N) is 2. The predicted molar refractivity (Wildman–Crippen MR) is 118 cm³/mol. The smallest absolute Gasteiger partial charge is 0.124 e. The average molecular weight is 381 g/mol. The van der Waals surface area contributed by atoms with Crippen molar-refractivity contribution in [3.63, 3.8) is 0 Å². The average Bonchev–Trinajstić information content (AvgIpc) is 2.58.